The Morgan fingerprint density at radius 3 is 2.39 bits per heavy atom. The first-order valence-corrected chi connectivity index (χ1v) is 9.34. The predicted octanol–water partition coefficient (Wildman–Crippen LogP) is 4.59. The number of hydrogen-bond acceptors (Lipinski definition) is 3. The number of aryl methyl sites for hydroxylation is 1. The molecule has 1 aromatic heterocycles. The van der Waals surface area contributed by atoms with Crippen molar-refractivity contribution in [2.45, 2.75) is 19.9 Å². The van der Waals surface area contributed by atoms with Crippen molar-refractivity contribution in [3.8, 4) is 0 Å². The SMILES string of the molecule is Cc1ccc(N(Cc2ccco2)C(=O)CCNC(=O)c2ccc(Cl)cc2)cc1. The molecule has 0 fully saturated rings. The number of benzene rings is 2. The van der Waals surface area contributed by atoms with Crippen LogP contribution in [0.15, 0.2) is 71.3 Å². The van der Waals surface area contributed by atoms with Gasteiger partial charge < -0.3 is 14.6 Å². The molecule has 0 saturated heterocycles. The Kier molecular flexibility index (Phi) is 6.50. The normalized spacial score (nSPS) is 10.5. The van der Waals surface area contributed by atoms with Crippen LogP contribution in [0.3, 0.4) is 0 Å². The van der Waals surface area contributed by atoms with Crippen LogP contribution in [0.2, 0.25) is 5.02 Å². The van der Waals surface area contributed by atoms with Crippen LogP contribution < -0.4 is 10.2 Å². The second-order valence-electron chi connectivity index (χ2n) is 6.41. The molecule has 0 saturated carbocycles. The lowest BCUT2D eigenvalue weighted by molar-refractivity contribution is -0.118. The maximum absolute atomic E-state index is 12.8. The van der Waals surface area contributed by atoms with Crippen molar-refractivity contribution in [1.29, 1.82) is 0 Å². The molecule has 3 rings (SSSR count). The smallest absolute Gasteiger partial charge is 0.251 e. The summed E-state index contributed by atoms with van der Waals surface area (Å²) in [6.07, 6.45) is 1.76. The molecule has 0 spiro atoms. The highest BCUT2D eigenvalue weighted by atomic mass is 35.5. The highest BCUT2D eigenvalue weighted by Gasteiger charge is 2.18. The zero-order valence-electron chi connectivity index (χ0n) is 15.5. The van der Waals surface area contributed by atoms with Gasteiger partial charge in [0.15, 0.2) is 0 Å². The predicted molar refractivity (Wildman–Crippen MR) is 109 cm³/mol. The zero-order chi connectivity index (χ0) is 19.9. The number of amides is 2. The van der Waals surface area contributed by atoms with Crippen LogP contribution in [0.5, 0.6) is 0 Å². The van der Waals surface area contributed by atoms with E-state index in [0.29, 0.717) is 22.9 Å². The summed E-state index contributed by atoms with van der Waals surface area (Å²) in [7, 11) is 0. The lowest BCUT2D eigenvalue weighted by Gasteiger charge is -2.22. The molecule has 0 atom stereocenters. The maximum Gasteiger partial charge on any atom is 0.251 e. The van der Waals surface area contributed by atoms with Crippen LogP contribution in [-0.4, -0.2) is 18.4 Å². The molecular formula is C22H21ClN2O3. The van der Waals surface area contributed by atoms with Crippen molar-refractivity contribution in [1.82, 2.24) is 5.32 Å². The van der Waals surface area contributed by atoms with E-state index in [1.54, 1.807) is 41.5 Å². The lowest BCUT2D eigenvalue weighted by Crippen LogP contribution is -2.34. The Morgan fingerprint density at radius 1 is 1.04 bits per heavy atom. The number of carbonyl (C=O) groups excluding carboxylic acids is 2. The summed E-state index contributed by atoms with van der Waals surface area (Å²) in [6, 6.07) is 18.0. The molecule has 1 N–H and O–H groups in total. The fraction of sp³-hybridized carbons (Fsp3) is 0.182. The van der Waals surface area contributed by atoms with Gasteiger partial charge in [0, 0.05) is 29.2 Å². The highest BCUT2D eigenvalue weighted by Crippen LogP contribution is 2.19. The van der Waals surface area contributed by atoms with Crippen molar-refractivity contribution in [2.75, 3.05) is 11.4 Å². The van der Waals surface area contributed by atoms with Gasteiger partial charge in [-0.3, -0.25) is 9.59 Å². The largest absolute Gasteiger partial charge is 0.467 e. The second kappa shape index (κ2) is 9.24. The van der Waals surface area contributed by atoms with Crippen molar-refractivity contribution >= 4 is 29.1 Å². The molecule has 1 heterocycles. The molecule has 2 aromatic carbocycles. The molecule has 2 amide bonds. The summed E-state index contributed by atoms with van der Waals surface area (Å²) in [5.74, 6) is 0.355. The molecule has 144 valence electrons. The van der Waals surface area contributed by atoms with Crippen molar-refractivity contribution in [3.63, 3.8) is 0 Å². The van der Waals surface area contributed by atoms with Crippen molar-refractivity contribution in [2.24, 2.45) is 0 Å². The third-order valence-electron chi connectivity index (χ3n) is 4.27. The molecule has 6 heteroatoms. The first-order chi connectivity index (χ1) is 13.5. The molecule has 28 heavy (non-hydrogen) atoms. The van der Waals surface area contributed by atoms with E-state index in [0.717, 1.165) is 11.3 Å². The second-order valence-corrected chi connectivity index (χ2v) is 6.84. The summed E-state index contributed by atoms with van der Waals surface area (Å²) in [4.78, 5) is 26.7. The molecule has 0 unspecified atom stereocenters. The number of halogens is 1. The summed E-state index contributed by atoms with van der Waals surface area (Å²) >= 11 is 5.83. The van der Waals surface area contributed by atoms with Crippen LogP contribution >= 0.6 is 11.6 Å². The van der Waals surface area contributed by atoms with E-state index in [1.165, 1.54) is 0 Å². The first kappa shape index (κ1) is 19.7. The lowest BCUT2D eigenvalue weighted by atomic mass is 10.2. The minimum absolute atomic E-state index is 0.100. The Balaban J connectivity index is 1.63. The van der Waals surface area contributed by atoms with Crippen molar-refractivity contribution in [3.05, 3.63) is 88.8 Å². The molecular weight excluding hydrogens is 376 g/mol. The van der Waals surface area contributed by atoms with E-state index in [-0.39, 0.29) is 24.8 Å². The molecule has 0 bridgehead atoms. The van der Waals surface area contributed by atoms with Gasteiger partial charge in [0.05, 0.1) is 12.8 Å². The third-order valence-corrected chi connectivity index (χ3v) is 4.52. The van der Waals surface area contributed by atoms with Gasteiger partial charge in [0.2, 0.25) is 5.91 Å². The summed E-state index contributed by atoms with van der Waals surface area (Å²) in [6.45, 7) is 2.57. The minimum atomic E-state index is -0.239. The maximum atomic E-state index is 12.8. The average Bonchev–Trinajstić information content (AvgIpc) is 3.20. The van der Waals surface area contributed by atoms with E-state index in [4.69, 9.17) is 16.0 Å². The van der Waals surface area contributed by atoms with E-state index < -0.39 is 0 Å². The minimum Gasteiger partial charge on any atom is -0.467 e. The molecule has 0 radical (unpaired) electrons. The van der Waals surface area contributed by atoms with Gasteiger partial charge in [-0.25, -0.2) is 0 Å². The third kappa shape index (κ3) is 5.24. The Bertz CT molecular complexity index is 919. The van der Waals surface area contributed by atoms with Crippen LogP contribution in [-0.2, 0) is 11.3 Å². The standard InChI is InChI=1S/C22H21ClN2O3/c1-16-4-10-19(11-5-16)25(15-20-3-2-14-28-20)21(26)12-13-24-22(27)17-6-8-18(23)9-7-17/h2-11,14H,12-13,15H2,1H3,(H,24,27). The number of hydrogen-bond donors (Lipinski definition) is 1. The van der Waals surface area contributed by atoms with Gasteiger partial charge in [0.25, 0.3) is 5.91 Å². The van der Waals surface area contributed by atoms with E-state index in [1.807, 2.05) is 37.3 Å². The number of nitrogens with zero attached hydrogens (tertiary/aromatic N) is 1. The molecule has 0 aliphatic carbocycles. The summed E-state index contributed by atoms with van der Waals surface area (Å²) < 4.78 is 5.40. The zero-order valence-corrected chi connectivity index (χ0v) is 16.3. The topological polar surface area (TPSA) is 62.6 Å². The summed E-state index contributed by atoms with van der Waals surface area (Å²) in [5, 5.41) is 3.34. The van der Waals surface area contributed by atoms with E-state index in [2.05, 4.69) is 5.32 Å². The fourth-order valence-electron chi connectivity index (χ4n) is 2.73. The van der Waals surface area contributed by atoms with Crippen LogP contribution in [0.1, 0.15) is 28.1 Å². The van der Waals surface area contributed by atoms with E-state index >= 15 is 0 Å². The Hall–Kier alpha value is -3.05. The Morgan fingerprint density at radius 2 is 1.75 bits per heavy atom. The van der Waals surface area contributed by atoms with E-state index in [9.17, 15) is 9.59 Å². The number of anilines is 1. The summed E-state index contributed by atoms with van der Waals surface area (Å²) in [5.41, 5.74) is 2.41. The molecule has 5 nitrogen and oxygen atoms in total. The van der Waals surface area contributed by atoms with Crippen LogP contribution in [0.25, 0.3) is 0 Å². The number of furan rings is 1. The van der Waals surface area contributed by atoms with Gasteiger partial charge in [0.1, 0.15) is 5.76 Å². The first-order valence-electron chi connectivity index (χ1n) is 8.96. The fourth-order valence-corrected chi connectivity index (χ4v) is 2.85. The molecule has 0 aliphatic rings. The van der Waals surface area contributed by atoms with Crippen LogP contribution in [0.4, 0.5) is 5.69 Å². The van der Waals surface area contributed by atoms with Crippen LogP contribution in [0, 0.1) is 6.92 Å². The monoisotopic (exact) mass is 396 g/mol. The average molecular weight is 397 g/mol. The number of nitrogens with one attached hydrogen (secondary N) is 1. The van der Waals surface area contributed by atoms with Gasteiger partial charge in [-0.05, 0) is 55.5 Å². The van der Waals surface area contributed by atoms with Gasteiger partial charge in [-0.2, -0.15) is 0 Å². The quantitative estimate of drug-likeness (QED) is 0.635. The number of carbonyl (C=O) groups is 2. The number of rotatable bonds is 7. The molecule has 0 aliphatic heterocycles. The van der Waals surface area contributed by atoms with Gasteiger partial charge >= 0.3 is 0 Å². The molecule has 3 aromatic rings. The van der Waals surface area contributed by atoms with Crippen molar-refractivity contribution < 1.29 is 14.0 Å². The Labute approximate surface area is 168 Å². The van der Waals surface area contributed by atoms with Gasteiger partial charge in [-0.1, -0.05) is 29.3 Å². The van der Waals surface area contributed by atoms with Gasteiger partial charge in [-0.15, -0.1) is 0 Å². The highest BCUT2D eigenvalue weighted by molar-refractivity contribution is 6.30.